The third-order valence-electron chi connectivity index (χ3n) is 4.39. The number of ether oxygens (including phenoxy) is 1. The van der Waals surface area contributed by atoms with E-state index in [0.29, 0.717) is 16.8 Å². The molecular weight excluding hydrogens is 463 g/mol. The minimum absolute atomic E-state index is 0.00886. The molecule has 3 aromatic heterocycles. The second kappa shape index (κ2) is 8.18. The highest BCUT2D eigenvalue weighted by Crippen LogP contribution is 2.30. The Hall–Kier alpha value is -3.14. The first-order chi connectivity index (χ1) is 14.8. The molecular formula is C20H14Cl2N4O4S. The number of anilines is 1. The van der Waals surface area contributed by atoms with E-state index in [4.69, 9.17) is 27.9 Å². The van der Waals surface area contributed by atoms with E-state index in [2.05, 4.69) is 14.7 Å². The molecule has 0 spiro atoms. The van der Waals surface area contributed by atoms with Crippen molar-refractivity contribution in [1.82, 2.24) is 14.4 Å². The molecule has 0 fully saturated rings. The van der Waals surface area contributed by atoms with Crippen molar-refractivity contribution in [2.75, 3.05) is 11.8 Å². The Balaban J connectivity index is 1.79. The molecule has 0 aliphatic heterocycles. The fourth-order valence-electron chi connectivity index (χ4n) is 2.91. The van der Waals surface area contributed by atoms with Crippen molar-refractivity contribution in [1.29, 1.82) is 0 Å². The van der Waals surface area contributed by atoms with Crippen LogP contribution in [0.1, 0.15) is 0 Å². The SMILES string of the molecule is COc1ncc(-c2ccc3ncc(Cl)c(=O)n3c2)cc1NS(=O)(=O)c1cccc(Cl)c1. The largest absolute Gasteiger partial charge is 0.480 e. The van der Waals surface area contributed by atoms with Crippen molar-refractivity contribution < 1.29 is 13.2 Å². The van der Waals surface area contributed by atoms with E-state index in [1.165, 1.54) is 42.1 Å². The fraction of sp³-hybridized carbons (Fsp3) is 0.0500. The van der Waals surface area contributed by atoms with Crippen LogP contribution in [0.15, 0.2) is 70.7 Å². The monoisotopic (exact) mass is 476 g/mol. The molecule has 0 saturated heterocycles. The molecule has 0 aliphatic carbocycles. The third kappa shape index (κ3) is 4.20. The standard InChI is InChI=1S/C20H14Cl2N4O4S/c1-30-19-17(25-31(28,29)15-4-2-3-14(21)8-15)7-13(9-24-19)12-5-6-18-23-10-16(22)20(27)26(18)11-12/h2-11,25H,1H3. The number of benzene rings is 1. The van der Waals surface area contributed by atoms with E-state index in [0.717, 1.165) is 0 Å². The number of hydrogen-bond acceptors (Lipinski definition) is 6. The highest BCUT2D eigenvalue weighted by molar-refractivity contribution is 7.92. The molecule has 4 aromatic rings. The summed E-state index contributed by atoms with van der Waals surface area (Å²) in [5.41, 5.74) is 1.26. The van der Waals surface area contributed by atoms with Crippen molar-refractivity contribution in [3.8, 4) is 17.0 Å². The first kappa shape index (κ1) is 21.1. The fourth-order valence-corrected chi connectivity index (χ4v) is 4.40. The topological polar surface area (TPSA) is 103 Å². The zero-order chi connectivity index (χ0) is 22.2. The zero-order valence-electron chi connectivity index (χ0n) is 15.9. The maximum absolute atomic E-state index is 12.8. The second-order valence-corrected chi connectivity index (χ2v) is 8.93. The first-order valence-corrected chi connectivity index (χ1v) is 11.0. The van der Waals surface area contributed by atoms with Gasteiger partial charge in [0, 0.05) is 28.5 Å². The Kier molecular flexibility index (Phi) is 5.57. The number of sulfonamides is 1. The number of pyridine rings is 2. The van der Waals surface area contributed by atoms with Gasteiger partial charge < -0.3 is 4.74 Å². The number of methoxy groups -OCH3 is 1. The average molecular weight is 477 g/mol. The Labute approximate surface area is 187 Å². The second-order valence-electron chi connectivity index (χ2n) is 6.40. The van der Waals surface area contributed by atoms with Crippen molar-refractivity contribution >= 4 is 44.6 Å². The molecule has 0 bridgehead atoms. The molecule has 0 radical (unpaired) electrons. The molecule has 0 atom stereocenters. The van der Waals surface area contributed by atoms with Gasteiger partial charge >= 0.3 is 0 Å². The number of nitrogens with zero attached hydrogens (tertiary/aromatic N) is 3. The summed E-state index contributed by atoms with van der Waals surface area (Å²) in [5.74, 6) is 0.0806. The van der Waals surface area contributed by atoms with Crippen LogP contribution in [0.25, 0.3) is 16.8 Å². The van der Waals surface area contributed by atoms with Crippen molar-refractivity contribution in [2.24, 2.45) is 0 Å². The molecule has 0 unspecified atom stereocenters. The summed E-state index contributed by atoms with van der Waals surface area (Å²) >= 11 is 11.8. The smallest absolute Gasteiger partial charge is 0.276 e. The quantitative estimate of drug-likeness (QED) is 0.468. The van der Waals surface area contributed by atoms with E-state index in [-0.39, 0.29) is 26.5 Å². The average Bonchev–Trinajstić information content (AvgIpc) is 2.76. The summed E-state index contributed by atoms with van der Waals surface area (Å²) in [6.07, 6.45) is 4.34. The molecule has 3 heterocycles. The molecule has 0 amide bonds. The Morgan fingerprint density at radius 1 is 1.03 bits per heavy atom. The minimum atomic E-state index is -3.95. The molecule has 0 saturated carbocycles. The lowest BCUT2D eigenvalue weighted by Crippen LogP contribution is -2.15. The summed E-state index contributed by atoms with van der Waals surface area (Å²) in [4.78, 5) is 20.6. The van der Waals surface area contributed by atoms with Gasteiger partial charge in [0.1, 0.15) is 16.4 Å². The number of rotatable bonds is 5. The molecule has 11 heteroatoms. The van der Waals surface area contributed by atoms with Crippen LogP contribution >= 0.6 is 23.2 Å². The Morgan fingerprint density at radius 3 is 2.58 bits per heavy atom. The lowest BCUT2D eigenvalue weighted by molar-refractivity contribution is 0.400. The van der Waals surface area contributed by atoms with Crippen molar-refractivity contribution in [3.63, 3.8) is 0 Å². The van der Waals surface area contributed by atoms with Gasteiger partial charge in [-0.3, -0.25) is 13.9 Å². The van der Waals surface area contributed by atoms with Gasteiger partial charge in [-0.15, -0.1) is 0 Å². The maximum atomic E-state index is 12.8. The van der Waals surface area contributed by atoms with Gasteiger partial charge in [0.2, 0.25) is 5.88 Å². The van der Waals surface area contributed by atoms with Crippen LogP contribution in [0.4, 0.5) is 5.69 Å². The zero-order valence-corrected chi connectivity index (χ0v) is 18.2. The van der Waals surface area contributed by atoms with Crippen LogP contribution in [0.2, 0.25) is 10.0 Å². The van der Waals surface area contributed by atoms with Crippen LogP contribution in [0.5, 0.6) is 5.88 Å². The number of halogens is 2. The predicted octanol–water partition coefficient (Wildman–Crippen LogP) is 3.87. The lowest BCUT2D eigenvalue weighted by atomic mass is 10.1. The van der Waals surface area contributed by atoms with Crippen LogP contribution < -0.4 is 15.0 Å². The highest BCUT2D eigenvalue weighted by Gasteiger charge is 2.18. The van der Waals surface area contributed by atoms with Crippen LogP contribution in [-0.4, -0.2) is 29.9 Å². The molecule has 4 rings (SSSR count). The molecule has 0 aliphatic rings. The summed E-state index contributed by atoms with van der Waals surface area (Å²) < 4.78 is 34.6. The highest BCUT2D eigenvalue weighted by atomic mass is 35.5. The van der Waals surface area contributed by atoms with Gasteiger partial charge in [0.15, 0.2) is 0 Å². The summed E-state index contributed by atoms with van der Waals surface area (Å²) in [6.45, 7) is 0. The van der Waals surface area contributed by atoms with Crippen molar-refractivity contribution in [2.45, 2.75) is 4.90 Å². The van der Waals surface area contributed by atoms with Gasteiger partial charge in [-0.25, -0.2) is 18.4 Å². The van der Waals surface area contributed by atoms with E-state index < -0.39 is 15.6 Å². The third-order valence-corrected chi connectivity index (χ3v) is 6.25. The van der Waals surface area contributed by atoms with E-state index in [1.807, 2.05) is 0 Å². The van der Waals surface area contributed by atoms with Gasteiger partial charge in [-0.2, -0.15) is 0 Å². The normalized spacial score (nSPS) is 11.5. The molecule has 1 aromatic carbocycles. The van der Waals surface area contributed by atoms with E-state index in [1.54, 1.807) is 30.5 Å². The number of hydrogen-bond donors (Lipinski definition) is 1. The van der Waals surface area contributed by atoms with Gasteiger partial charge in [0.05, 0.1) is 18.2 Å². The van der Waals surface area contributed by atoms with Gasteiger partial charge in [-0.05, 0) is 36.4 Å². The number of aromatic nitrogens is 3. The van der Waals surface area contributed by atoms with E-state index in [9.17, 15) is 13.2 Å². The Morgan fingerprint density at radius 2 is 1.84 bits per heavy atom. The molecule has 158 valence electrons. The Bertz CT molecular complexity index is 1470. The minimum Gasteiger partial charge on any atom is -0.480 e. The maximum Gasteiger partial charge on any atom is 0.276 e. The van der Waals surface area contributed by atoms with Gasteiger partial charge in [-0.1, -0.05) is 29.3 Å². The predicted molar refractivity (Wildman–Crippen MR) is 119 cm³/mol. The van der Waals surface area contributed by atoms with Crippen LogP contribution in [-0.2, 0) is 10.0 Å². The summed E-state index contributed by atoms with van der Waals surface area (Å²) in [6, 6.07) is 10.8. The molecule has 31 heavy (non-hydrogen) atoms. The summed E-state index contributed by atoms with van der Waals surface area (Å²) in [7, 11) is -2.57. The molecule has 1 N–H and O–H groups in total. The van der Waals surface area contributed by atoms with Crippen LogP contribution in [0.3, 0.4) is 0 Å². The lowest BCUT2D eigenvalue weighted by Gasteiger charge is -2.13. The van der Waals surface area contributed by atoms with Gasteiger partial charge in [0.25, 0.3) is 15.6 Å². The number of nitrogens with one attached hydrogen (secondary N) is 1. The number of fused-ring (bicyclic) bond motifs is 1. The first-order valence-electron chi connectivity index (χ1n) is 8.78. The summed E-state index contributed by atoms with van der Waals surface area (Å²) in [5, 5.41) is 0.271. The van der Waals surface area contributed by atoms with Crippen molar-refractivity contribution in [3.05, 3.63) is 81.5 Å². The molecule has 8 nitrogen and oxygen atoms in total. The van der Waals surface area contributed by atoms with Crippen LogP contribution in [0, 0.1) is 0 Å². The van der Waals surface area contributed by atoms with E-state index >= 15 is 0 Å².